The molecule has 2 aliphatic rings. The zero-order valence-corrected chi connectivity index (χ0v) is 17.7. The van der Waals surface area contributed by atoms with Gasteiger partial charge in [-0.2, -0.15) is 0 Å². The minimum atomic E-state index is 0.107. The van der Waals surface area contributed by atoms with Crippen molar-refractivity contribution in [2.24, 2.45) is 5.92 Å². The van der Waals surface area contributed by atoms with Crippen LogP contribution in [0.15, 0.2) is 28.2 Å². The van der Waals surface area contributed by atoms with Gasteiger partial charge in [0.25, 0.3) is 0 Å². The summed E-state index contributed by atoms with van der Waals surface area (Å²) in [6.07, 6.45) is 9.13. The highest BCUT2D eigenvalue weighted by molar-refractivity contribution is 9.11. The number of piperidine rings is 1. The number of ether oxygens (including phenoxy) is 1. The molecule has 26 heavy (non-hydrogen) atoms. The Morgan fingerprint density at radius 2 is 1.77 bits per heavy atom. The molecule has 0 atom stereocenters. The second-order valence-electron chi connectivity index (χ2n) is 7.50. The van der Waals surface area contributed by atoms with Crippen LogP contribution >= 0.6 is 27.3 Å². The molecule has 1 aliphatic heterocycles. The largest absolute Gasteiger partial charge is 0.378 e. The van der Waals surface area contributed by atoms with Crippen molar-refractivity contribution in [1.29, 1.82) is 0 Å². The predicted octanol–water partition coefficient (Wildman–Crippen LogP) is 5.53. The van der Waals surface area contributed by atoms with Crippen LogP contribution in [-0.2, 0) is 4.74 Å². The summed E-state index contributed by atoms with van der Waals surface area (Å²) in [6, 6.07) is 8.74. The maximum atomic E-state index is 6.14. The molecule has 0 spiro atoms. The predicted molar refractivity (Wildman–Crippen MR) is 111 cm³/mol. The minimum absolute atomic E-state index is 0.107. The first-order valence-corrected chi connectivity index (χ1v) is 11.2. The zero-order chi connectivity index (χ0) is 18.0. The molecule has 0 amide bonds. The van der Waals surface area contributed by atoms with Crippen LogP contribution in [-0.4, -0.2) is 36.0 Å². The van der Waals surface area contributed by atoms with Crippen LogP contribution in [0, 0.1) is 5.92 Å². The highest BCUT2D eigenvalue weighted by atomic mass is 79.9. The lowest BCUT2D eigenvalue weighted by Gasteiger charge is -2.47. The Morgan fingerprint density at radius 3 is 2.35 bits per heavy atom. The Labute approximate surface area is 168 Å². The lowest BCUT2D eigenvalue weighted by molar-refractivity contribution is -0.0856. The number of benzene rings is 1. The summed E-state index contributed by atoms with van der Waals surface area (Å²) in [5.74, 6) is 0.752. The molecular weight excluding hydrogens is 410 g/mol. The van der Waals surface area contributed by atoms with Gasteiger partial charge in [0.15, 0.2) is 3.92 Å². The number of hydrogen-bond donors (Lipinski definition) is 0. The third kappa shape index (κ3) is 3.69. The summed E-state index contributed by atoms with van der Waals surface area (Å²) in [5.41, 5.74) is 2.53. The number of methoxy groups -OCH3 is 1. The molecular formula is C20H26BrN3OS. The Morgan fingerprint density at radius 1 is 1.08 bits per heavy atom. The molecule has 0 unspecified atom stereocenters. The van der Waals surface area contributed by atoms with Crippen molar-refractivity contribution in [2.45, 2.75) is 50.5 Å². The van der Waals surface area contributed by atoms with Crippen molar-refractivity contribution in [3.05, 3.63) is 28.2 Å². The van der Waals surface area contributed by atoms with Gasteiger partial charge in [-0.15, -0.1) is 10.2 Å². The van der Waals surface area contributed by atoms with Gasteiger partial charge in [0.2, 0.25) is 0 Å². The van der Waals surface area contributed by atoms with Crippen LogP contribution in [0.1, 0.15) is 44.9 Å². The second kappa shape index (κ2) is 7.95. The first-order chi connectivity index (χ1) is 12.7. The summed E-state index contributed by atoms with van der Waals surface area (Å²) in [7, 11) is 1.93. The molecule has 0 N–H and O–H groups in total. The molecule has 2 heterocycles. The molecule has 1 aromatic carbocycles. The van der Waals surface area contributed by atoms with E-state index in [1.54, 1.807) is 11.3 Å². The number of rotatable bonds is 4. The highest BCUT2D eigenvalue weighted by Crippen LogP contribution is 2.42. The van der Waals surface area contributed by atoms with Gasteiger partial charge in [0.05, 0.1) is 5.60 Å². The van der Waals surface area contributed by atoms with Crippen molar-refractivity contribution in [1.82, 2.24) is 10.2 Å². The molecule has 2 fully saturated rings. The molecule has 0 radical (unpaired) electrons. The number of nitrogens with zero attached hydrogens (tertiary/aromatic N) is 3. The van der Waals surface area contributed by atoms with Gasteiger partial charge in [0.1, 0.15) is 5.01 Å². The molecule has 1 saturated heterocycles. The third-order valence-corrected chi connectivity index (χ3v) is 7.65. The second-order valence-corrected chi connectivity index (χ2v) is 9.75. The van der Waals surface area contributed by atoms with Crippen molar-refractivity contribution in [3.8, 4) is 10.6 Å². The summed E-state index contributed by atoms with van der Waals surface area (Å²) in [4.78, 5) is 2.50. The van der Waals surface area contributed by atoms with E-state index in [0.717, 1.165) is 46.3 Å². The SMILES string of the molecule is COC1(C2CCCCC2)CCN(c2ccc(-c3nnc(Br)s3)cc2)CC1. The smallest absolute Gasteiger partial charge is 0.183 e. The number of aromatic nitrogens is 2. The van der Waals surface area contributed by atoms with Crippen LogP contribution in [0.3, 0.4) is 0 Å². The van der Waals surface area contributed by atoms with Gasteiger partial charge < -0.3 is 9.64 Å². The number of anilines is 1. The van der Waals surface area contributed by atoms with Crippen molar-refractivity contribution >= 4 is 33.0 Å². The molecule has 4 rings (SSSR count). The van der Waals surface area contributed by atoms with Crippen molar-refractivity contribution in [3.63, 3.8) is 0 Å². The van der Waals surface area contributed by atoms with E-state index in [-0.39, 0.29) is 5.60 Å². The first-order valence-electron chi connectivity index (χ1n) is 9.60. The van der Waals surface area contributed by atoms with Crippen LogP contribution < -0.4 is 4.90 Å². The Kier molecular flexibility index (Phi) is 5.62. The van der Waals surface area contributed by atoms with E-state index in [0.29, 0.717) is 0 Å². The molecule has 1 aromatic heterocycles. The summed E-state index contributed by atoms with van der Waals surface area (Å²) in [5, 5.41) is 9.19. The molecule has 0 bridgehead atoms. The Balaban J connectivity index is 1.42. The van der Waals surface area contributed by atoms with Crippen LogP contribution in [0.4, 0.5) is 5.69 Å². The van der Waals surface area contributed by atoms with E-state index in [1.807, 2.05) is 7.11 Å². The van der Waals surface area contributed by atoms with E-state index >= 15 is 0 Å². The monoisotopic (exact) mass is 435 g/mol. The molecule has 4 nitrogen and oxygen atoms in total. The lowest BCUT2D eigenvalue weighted by Crippen LogP contribution is -2.50. The molecule has 2 aromatic rings. The van der Waals surface area contributed by atoms with Crippen LogP contribution in [0.25, 0.3) is 10.6 Å². The fourth-order valence-electron chi connectivity index (χ4n) is 4.69. The van der Waals surface area contributed by atoms with Crippen LogP contribution in [0.5, 0.6) is 0 Å². The summed E-state index contributed by atoms with van der Waals surface area (Å²) >= 11 is 4.95. The van der Waals surface area contributed by atoms with E-state index in [4.69, 9.17) is 4.74 Å². The van der Waals surface area contributed by atoms with Gasteiger partial charge >= 0.3 is 0 Å². The van der Waals surface area contributed by atoms with E-state index in [9.17, 15) is 0 Å². The van der Waals surface area contributed by atoms with Gasteiger partial charge in [0, 0.05) is 31.5 Å². The lowest BCUT2D eigenvalue weighted by atomic mass is 9.72. The molecule has 1 aliphatic carbocycles. The van der Waals surface area contributed by atoms with E-state index in [2.05, 4.69) is 55.3 Å². The molecule has 140 valence electrons. The zero-order valence-electron chi connectivity index (χ0n) is 15.3. The number of halogens is 1. The fourth-order valence-corrected chi connectivity index (χ4v) is 5.80. The Hall–Kier alpha value is -0.980. The Bertz CT molecular complexity index is 719. The van der Waals surface area contributed by atoms with E-state index in [1.165, 1.54) is 37.8 Å². The number of hydrogen-bond acceptors (Lipinski definition) is 5. The standard InChI is InChI=1S/C20H26BrN3OS/c1-25-20(16-5-3-2-4-6-16)11-13-24(14-12-20)17-9-7-15(8-10-17)18-22-23-19(21)26-18/h7-10,16H,2-6,11-14H2,1H3. The quantitative estimate of drug-likeness (QED) is 0.632. The topological polar surface area (TPSA) is 38.2 Å². The van der Waals surface area contributed by atoms with Crippen molar-refractivity contribution in [2.75, 3.05) is 25.1 Å². The maximum Gasteiger partial charge on any atom is 0.183 e. The normalized spacial score (nSPS) is 21.1. The van der Waals surface area contributed by atoms with Gasteiger partial charge in [-0.05, 0) is 71.8 Å². The summed E-state index contributed by atoms with van der Waals surface area (Å²) < 4.78 is 6.96. The minimum Gasteiger partial charge on any atom is -0.378 e. The van der Waals surface area contributed by atoms with E-state index < -0.39 is 0 Å². The molecule has 1 saturated carbocycles. The first kappa shape index (κ1) is 18.4. The highest BCUT2D eigenvalue weighted by Gasteiger charge is 2.41. The van der Waals surface area contributed by atoms with Gasteiger partial charge in [-0.3, -0.25) is 0 Å². The average molecular weight is 436 g/mol. The third-order valence-electron chi connectivity index (χ3n) is 6.25. The fraction of sp³-hybridized carbons (Fsp3) is 0.600. The summed E-state index contributed by atoms with van der Waals surface area (Å²) in [6.45, 7) is 2.15. The van der Waals surface area contributed by atoms with Gasteiger partial charge in [-0.1, -0.05) is 30.6 Å². The maximum absolute atomic E-state index is 6.14. The molecule has 6 heteroatoms. The average Bonchev–Trinajstić information content (AvgIpc) is 3.15. The van der Waals surface area contributed by atoms with Crippen molar-refractivity contribution < 1.29 is 4.74 Å². The van der Waals surface area contributed by atoms with Crippen LogP contribution in [0.2, 0.25) is 0 Å². The van der Waals surface area contributed by atoms with Gasteiger partial charge in [-0.25, -0.2) is 0 Å².